The van der Waals surface area contributed by atoms with E-state index in [0.29, 0.717) is 16.8 Å². The van der Waals surface area contributed by atoms with Gasteiger partial charge in [-0.1, -0.05) is 6.07 Å². The molecule has 0 aliphatic rings. The summed E-state index contributed by atoms with van der Waals surface area (Å²) in [6.45, 7) is 0. The summed E-state index contributed by atoms with van der Waals surface area (Å²) in [7, 11) is 1.57. The minimum atomic E-state index is -0.179. The van der Waals surface area contributed by atoms with Crippen molar-refractivity contribution in [1.82, 2.24) is 5.32 Å². The second kappa shape index (κ2) is 5.46. The molecule has 0 radical (unpaired) electrons. The molecule has 0 saturated heterocycles. The highest BCUT2D eigenvalue weighted by Gasteiger charge is 2.08. The highest BCUT2D eigenvalue weighted by atomic mass is 32.1. The molecule has 0 spiro atoms. The molecule has 92 valence electrons. The average Bonchev–Trinajstić information content (AvgIpc) is 2.92. The maximum Gasteiger partial charge on any atom is 0.256 e. The molecule has 2 amide bonds. The van der Waals surface area contributed by atoms with Gasteiger partial charge in [-0.25, -0.2) is 0 Å². The average molecular weight is 260 g/mol. The van der Waals surface area contributed by atoms with E-state index in [1.807, 2.05) is 5.38 Å². The highest BCUT2D eigenvalue weighted by molar-refractivity contribution is 7.08. The third-order valence-corrected chi connectivity index (χ3v) is 3.08. The van der Waals surface area contributed by atoms with Crippen LogP contribution >= 0.6 is 11.3 Å². The maximum atomic E-state index is 11.8. The summed E-state index contributed by atoms with van der Waals surface area (Å²) in [5.41, 5.74) is 1.73. The van der Waals surface area contributed by atoms with Crippen LogP contribution in [0.3, 0.4) is 0 Å². The summed E-state index contributed by atoms with van der Waals surface area (Å²) >= 11 is 1.47. The van der Waals surface area contributed by atoms with E-state index in [9.17, 15) is 9.59 Å². The zero-order valence-corrected chi connectivity index (χ0v) is 10.6. The van der Waals surface area contributed by atoms with Gasteiger partial charge in [0.25, 0.3) is 11.8 Å². The lowest BCUT2D eigenvalue weighted by molar-refractivity contribution is 0.0961. The predicted molar refractivity (Wildman–Crippen MR) is 72.1 cm³/mol. The summed E-state index contributed by atoms with van der Waals surface area (Å²) in [5, 5.41) is 8.91. The van der Waals surface area contributed by atoms with Crippen molar-refractivity contribution in [2.24, 2.45) is 0 Å². The lowest BCUT2D eigenvalue weighted by Gasteiger charge is -2.05. The van der Waals surface area contributed by atoms with Gasteiger partial charge >= 0.3 is 0 Å². The number of carbonyl (C=O) groups excluding carboxylic acids is 2. The Hall–Kier alpha value is -2.14. The van der Waals surface area contributed by atoms with Gasteiger partial charge in [0, 0.05) is 23.7 Å². The van der Waals surface area contributed by atoms with Crippen LogP contribution in [0.25, 0.3) is 0 Å². The van der Waals surface area contributed by atoms with Gasteiger partial charge < -0.3 is 10.6 Å². The lowest BCUT2D eigenvalue weighted by Crippen LogP contribution is -2.18. The van der Waals surface area contributed by atoms with Crippen LogP contribution in [0.5, 0.6) is 0 Å². The van der Waals surface area contributed by atoms with Gasteiger partial charge in [0.2, 0.25) is 0 Å². The number of rotatable bonds is 3. The van der Waals surface area contributed by atoms with E-state index in [-0.39, 0.29) is 11.8 Å². The van der Waals surface area contributed by atoms with Crippen molar-refractivity contribution in [1.29, 1.82) is 0 Å². The second-order valence-corrected chi connectivity index (χ2v) is 4.41. The van der Waals surface area contributed by atoms with Gasteiger partial charge in [-0.15, -0.1) is 0 Å². The number of hydrogen-bond acceptors (Lipinski definition) is 3. The number of amides is 2. The van der Waals surface area contributed by atoms with Crippen molar-refractivity contribution in [3.8, 4) is 0 Å². The Labute approximate surface area is 109 Å². The third-order valence-electron chi connectivity index (χ3n) is 2.39. The van der Waals surface area contributed by atoms with Crippen LogP contribution in [-0.2, 0) is 0 Å². The van der Waals surface area contributed by atoms with Gasteiger partial charge in [-0.05, 0) is 29.6 Å². The molecule has 1 heterocycles. The molecule has 1 aromatic carbocycles. The second-order valence-electron chi connectivity index (χ2n) is 3.63. The Kier molecular flexibility index (Phi) is 3.74. The molecular weight excluding hydrogens is 248 g/mol. The Bertz CT molecular complexity index is 564. The highest BCUT2D eigenvalue weighted by Crippen LogP contribution is 2.13. The van der Waals surface area contributed by atoms with Crippen molar-refractivity contribution in [2.75, 3.05) is 12.4 Å². The van der Waals surface area contributed by atoms with E-state index < -0.39 is 0 Å². The molecule has 2 N–H and O–H groups in total. The standard InChI is InChI=1S/C13H12N2O2S/c1-14-12(16)9-3-2-4-11(7-9)15-13(17)10-5-6-18-8-10/h2-8H,1H3,(H,14,16)(H,15,17). The minimum Gasteiger partial charge on any atom is -0.355 e. The molecule has 0 saturated carbocycles. The van der Waals surface area contributed by atoms with Gasteiger partial charge in [0.1, 0.15) is 0 Å². The van der Waals surface area contributed by atoms with Crippen molar-refractivity contribution in [2.45, 2.75) is 0 Å². The summed E-state index contributed by atoms with van der Waals surface area (Å²) in [6, 6.07) is 8.56. The Morgan fingerprint density at radius 2 is 1.94 bits per heavy atom. The van der Waals surface area contributed by atoms with Crippen molar-refractivity contribution in [3.63, 3.8) is 0 Å². The van der Waals surface area contributed by atoms with Gasteiger partial charge in [-0.3, -0.25) is 9.59 Å². The van der Waals surface area contributed by atoms with Crippen molar-refractivity contribution in [3.05, 3.63) is 52.2 Å². The lowest BCUT2D eigenvalue weighted by atomic mass is 10.2. The first kappa shape index (κ1) is 12.3. The zero-order valence-electron chi connectivity index (χ0n) is 9.77. The van der Waals surface area contributed by atoms with Crippen LogP contribution in [0.15, 0.2) is 41.1 Å². The monoisotopic (exact) mass is 260 g/mol. The SMILES string of the molecule is CNC(=O)c1cccc(NC(=O)c2ccsc2)c1. The van der Waals surface area contributed by atoms with Gasteiger partial charge in [0.05, 0.1) is 5.56 Å². The van der Waals surface area contributed by atoms with Crippen LogP contribution in [-0.4, -0.2) is 18.9 Å². The first-order valence-corrected chi connectivity index (χ1v) is 6.30. The minimum absolute atomic E-state index is 0.176. The van der Waals surface area contributed by atoms with Crippen LogP contribution in [0, 0.1) is 0 Å². The fraction of sp³-hybridized carbons (Fsp3) is 0.0769. The largest absolute Gasteiger partial charge is 0.355 e. The first-order valence-electron chi connectivity index (χ1n) is 5.36. The summed E-state index contributed by atoms with van der Waals surface area (Å²) in [5.74, 6) is -0.355. The molecule has 5 heteroatoms. The summed E-state index contributed by atoms with van der Waals surface area (Å²) in [4.78, 5) is 23.3. The molecular formula is C13H12N2O2S. The Balaban J connectivity index is 2.15. The predicted octanol–water partition coefficient (Wildman–Crippen LogP) is 2.36. The molecule has 0 fully saturated rings. The first-order chi connectivity index (χ1) is 8.70. The Morgan fingerprint density at radius 1 is 1.11 bits per heavy atom. The molecule has 0 unspecified atom stereocenters. The molecule has 1 aromatic heterocycles. The van der Waals surface area contributed by atoms with Crippen LogP contribution in [0.4, 0.5) is 5.69 Å². The smallest absolute Gasteiger partial charge is 0.256 e. The van der Waals surface area contributed by atoms with E-state index in [1.54, 1.807) is 42.8 Å². The quantitative estimate of drug-likeness (QED) is 0.890. The molecule has 2 rings (SSSR count). The van der Waals surface area contributed by atoms with E-state index in [2.05, 4.69) is 10.6 Å². The molecule has 0 bridgehead atoms. The maximum absolute atomic E-state index is 11.8. The van der Waals surface area contributed by atoms with Crippen molar-refractivity contribution >= 4 is 28.8 Å². The van der Waals surface area contributed by atoms with Crippen LogP contribution < -0.4 is 10.6 Å². The van der Waals surface area contributed by atoms with E-state index in [0.717, 1.165) is 0 Å². The van der Waals surface area contributed by atoms with Gasteiger partial charge in [0.15, 0.2) is 0 Å². The van der Waals surface area contributed by atoms with Crippen molar-refractivity contribution < 1.29 is 9.59 Å². The number of nitrogens with one attached hydrogen (secondary N) is 2. The van der Waals surface area contributed by atoms with E-state index >= 15 is 0 Å². The molecule has 0 atom stereocenters. The molecule has 4 nitrogen and oxygen atoms in total. The molecule has 0 aliphatic heterocycles. The fourth-order valence-electron chi connectivity index (χ4n) is 1.48. The molecule has 2 aromatic rings. The number of thiophene rings is 1. The van der Waals surface area contributed by atoms with E-state index in [1.165, 1.54) is 11.3 Å². The Morgan fingerprint density at radius 3 is 2.61 bits per heavy atom. The number of anilines is 1. The zero-order chi connectivity index (χ0) is 13.0. The fourth-order valence-corrected chi connectivity index (χ4v) is 2.12. The summed E-state index contributed by atoms with van der Waals surface area (Å²) < 4.78 is 0. The number of carbonyl (C=O) groups is 2. The topological polar surface area (TPSA) is 58.2 Å². The number of benzene rings is 1. The molecule has 18 heavy (non-hydrogen) atoms. The number of hydrogen-bond donors (Lipinski definition) is 2. The van der Waals surface area contributed by atoms with Crippen LogP contribution in [0.1, 0.15) is 20.7 Å². The normalized spacial score (nSPS) is 9.83. The van der Waals surface area contributed by atoms with Crippen LogP contribution in [0.2, 0.25) is 0 Å². The summed E-state index contributed by atoms with van der Waals surface area (Å²) in [6.07, 6.45) is 0. The third kappa shape index (κ3) is 2.75. The van der Waals surface area contributed by atoms with Gasteiger partial charge in [-0.2, -0.15) is 11.3 Å². The van der Waals surface area contributed by atoms with E-state index in [4.69, 9.17) is 0 Å². The molecule has 0 aliphatic carbocycles.